The first-order valence-corrected chi connectivity index (χ1v) is 8.66. The summed E-state index contributed by atoms with van der Waals surface area (Å²) in [6.45, 7) is 1.96. The number of piperidine rings is 1. The van der Waals surface area contributed by atoms with Gasteiger partial charge in [-0.1, -0.05) is 0 Å². The Morgan fingerprint density at radius 3 is 2.67 bits per heavy atom. The fraction of sp³-hybridized carbons (Fsp3) is 0.500. The van der Waals surface area contributed by atoms with Crippen LogP contribution in [-0.4, -0.2) is 36.1 Å². The maximum absolute atomic E-state index is 12.0. The second-order valence-corrected chi connectivity index (χ2v) is 6.57. The zero-order valence-electron chi connectivity index (χ0n) is 13.9. The zero-order valence-corrected chi connectivity index (χ0v) is 13.9. The molecule has 0 radical (unpaired) electrons. The lowest BCUT2D eigenvalue weighted by Crippen LogP contribution is -2.30. The zero-order chi connectivity index (χ0) is 16.5. The number of rotatable bonds is 4. The largest absolute Gasteiger partial charge is 0.478 e. The molecule has 126 valence electrons. The van der Waals surface area contributed by atoms with Crippen molar-refractivity contribution < 1.29 is 9.53 Å². The molecule has 0 unspecified atom stereocenters. The van der Waals surface area contributed by atoms with Crippen LogP contribution in [-0.2, 0) is 4.79 Å². The number of fused-ring (bicyclic) bond motifs is 1. The van der Waals surface area contributed by atoms with Gasteiger partial charge in [-0.25, -0.2) is 9.97 Å². The van der Waals surface area contributed by atoms with E-state index in [2.05, 4.69) is 15.2 Å². The standard InChI is InChI=1S/C18H22N4O2/c1-24-18-16(22-9-3-2-4-10-22)20-15-11-13(7-8-14(15)21-18)19-17(23)12-5-6-12/h7-8,11-12H,2-6,9-10H2,1H3,(H,19,23). The van der Waals surface area contributed by atoms with E-state index in [-0.39, 0.29) is 11.8 Å². The Morgan fingerprint density at radius 2 is 1.96 bits per heavy atom. The van der Waals surface area contributed by atoms with E-state index in [4.69, 9.17) is 9.72 Å². The van der Waals surface area contributed by atoms with Crippen molar-refractivity contribution in [3.63, 3.8) is 0 Å². The molecule has 4 rings (SSSR count). The number of hydrogen-bond donors (Lipinski definition) is 1. The van der Waals surface area contributed by atoms with Gasteiger partial charge in [0.15, 0.2) is 5.82 Å². The summed E-state index contributed by atoms with van der Waals surface area (Å²) >= 11 is 0. The van der Waals surface area contributed by atoms with E-state index < -0.39 is 0 Å². The first-order chi connectivity index (χ1) is 11.7. The van der Waals surface area contributed by atoms with Crippen LogP contribution in [0.1, 0.15) is 32.1 Å². The van der Waals surface area contributed by atoms with Crippen molar-refractivity contribution in [2.45, 2.75) is 32.1 Å². The minimum atomic E-state index is 0.104. The summed E-state index contributed by atoms with van der Waals surface area (Å²) in [5.41, 5.74) is 2.34. The highest BCUT2D eigenvalue weighted by Gasteiger charge is 2.29. The maximum Gasteiger partial charge on any atom is 0.257 e. The van der Waals surface area contributed by atoms with Gasteiger partial charge in [0.2, 0.25) is 5.91 Å². The van der Waals surface area contributed by atoms with Crippen molar-refractivity contribution >= 4 is 28.4 Å². The molecule has 1 aliphatic carbocycles. The molecule has 0 atom stereocenters. The lowest BCUT2D eigenvalue weighted by Gasteiger charge is -2.28. The van der Waals surface area contributed by atoms with Gasteiger partial charge < -0.3 is 15.0 Å². The lowest BCUT2D eigenvalue weighted by atomic mass is 10.1. The molecule has 2 aromatic rings. The summed E-state index contributed by atoms with van der Waals surface area (Å²) < 4.78 is 5.46. The Kier molecular flexibility index (Phi) is 3.96. The highest BCUT2D eigenvalue weighted by atomic mass is 16.5. The van der Waals surface area contributed by atoms with Crippen LogP contribution in [0.15, 0.2) is 18.2 Å². The monoisotopic (exact) mass is 326 g/mol. The van der Waals surface area contributed by atoms with Gasteiger partial charge in [0, 0.05) is 24.7 Å². The molecule has 1 aliphatic heterocycles. The summed E-state index contributed by atoms with van der Waals surface area (Å²) in [6, 6.07) is 5.65. The van der Waals surface area contributed by atoms with E-state index in [1.807, 2.05) is 18.2 Å². The number of hydrogen-bond acceptors (Lipinski definition) is 5. The Morgan fingerprint density at radius 1 is 1.17 bits per heavy atom. The van der Waals surface area contributed by atoms with E-state index >= 15 is 0 Å². The third-order valence-corrected chi connectivity index (χ3v) is 4.68. The molecule has 2 heterocycles. The number of aromatic nitrogens is 2. The molecule has 1 amide bonds. The quantitative estimate of drug-likeness (QED) is 0.935. The topological polar surface area (TPSA) is 67.3 Å². The molecule has 2 aliphatic rings. The van der Waals surface area contributed by atoms with Crippen LogP contribution in [0.25, 0.3) is 11.0 Å². The number of benzene rings is 1. The van der Waals surface area contributed by atoms with Crippen molar-refractivity contribution in [3.8, 4) is 5.88 Å². The first kappa shape index (κ1) is 15.2. The van der Waals surface area contributed by atoms with E-state index in [1.54, 1.807) is 7.11 Å². The Balaban J connectivity index is 1.67. The Hall–Kier alpha value is -2.37. The summed E-state index contributed by atoms with van der Waals surface area (Å²) in [5.74, 6) is 1.66. The number of carbonyl (C=O) groups is 1. The van der Waals surface area contributed by atoms with Crippen LogP contribution >= 0.6 is 0 Å². The van der Waals surface area contributed by atoms with Gasteiger partial charge >= 0.3 is 0 Å². The number of ether oxygens (including phenoxy) is 1. The van der Waals surface area contributed by atoms with Gasteiger partial charge in [0.1, 0.15) is 0 Å². The SMILES string of the molecule is COc1nc2ccc(NC(=O)C3CC3)cc2nc1N1CCCCC1. The van der Waals surface area contributed by atoms with E-state index in [0.717, 1.165) is 48.5 Å². The average Bonchev–Trinajstić information content (AvgIpc) is 3.46. The minimum absolute atomic E-state index is 0.104. The number of amides is 1. The molecular formula is C18H22N4O2. The molecule has 1 N–H and O–H groups in total. The van der Waals surface area contributed by atoms with E-state index in [1.165, 1.54) is 19.3 Å². The summed E-state index contributed by atoms with van der Waals surface area (Å²) in [5, 5.41) is 2.97. The van der Waals surface area contributed by atoms with Gasteiger partial charge in [0.05, 0.1) is 18.1 Å². The first-order valence-electron chi connectivity index (χ1n) is 8.66. The number of carbonyl (C=O) groups excluding carboxylic acids is 1. The number of anilines is 2. The molecule has 24 heavy (non-hydrogen) atoms. The van der Waals surface area contributed by atoms with Crippen LogP contribution in [0.4, 0.5) is 11.5 Å². The van der Waals surface area contributed by atoms with E-state index in [9.17, 15) is 4.79 Å². The average molecular weight is 326 g/mol. The summed E-state index contributed by atoms with van der Waals surface area (Å²) in [6.07, 6.45) is 5.59. The van der Waals surface area contributed by atoms with Gasteiger partial charge in [-0.3, -0.25) is 4.79 Å². The van der Waals surface area contributed by atoms with Gasteiger partial charge in [-0.15, -0.1) is 0 Å². The minimum Gasteiger partial charge on any atom is -0.478 e. The van der Waals surface area contributed by atoms with Crippen LogP contribution in [0.5, 0.6) is 5.88 Å². The van der Waals surface area contributed by atoms with Crippen molar-refractivity contribution in [3.05, 3.63) is 18.2 Å². The highest BCUT2D eigenvalue weighted by molar-refractivity contribution is 5.95. The fourth-order valence-corrected chi connectivity index (χ4v) is 3.15. The maximum atomic E-state index is 12.0. The van der Waals surface area contributed by atoms with Crippen LogP contribution in [0.2, 0.25) is 0 Å². The van der Waals surface area contributed by atoms with Crippen LogP contribution in [0, 0.1) is 5.92 Å². The molecule has 1 aromatic carbocycles. The third kappa shape index (κ3) is 3.00. The molecule has 0 bridgehead atoms. The van der Waals surface area contributed by atoms with Crippen molar-refractivity contribution in [1.82, 2.24) is 9.97 Å². The van der Waals surface area contributed by atoms with Crippen LogP contribution < -0.4 is 15.0 Å². The van der Waals surface area contributed by atoms with E-state index in [0.29, 0.717) is 5.88 Å². The Bertz CT molecular complexity index is 767. The van der Waals surface area contributed by atoms with Crippen molar-refractivity contribution in [1.29, 1.82) is 0 Å². The van der Waals surface area contributed by atoms with Crippen molar-refractivity contribution in [2.75, 3.05) is 30.4 Å². The molecule has 6 heteroatoms. The molecule has 1 saturated carbocycles. The second kappa shape index (κ2) is 6.26. The molecule has 2 fully saturated rings. The molecule has 1 saturated heterocycles. The molecule has 1 aromatic heterocycles. The number of methoxy groups -OCH3 is 1. The van der Waals surface area contributed by atoms with Crippen molar-refractivity contribution in [2.24, 2.45) is 5.92 Å². The molecular weight excluding hydrogens is 304 g/mol. The smallest absolute Gasteiger partial charge is 0.257 e. The normalized spacial score (nSPS) is 17.8. The number of nitrogens with one attached hydrogen (secondary N) is 1. The Labute approximate surface area is 141 Å². The fourth-order valence-electron chi connectivity index (χ4n) is 3.15. The van der Waals surface area contributed by atoms with Gasteiger partial charge in [-0.2, -0.15) is 0 Å². The molecule has 0 spiro atoms. The predicted octanol–water partition coefficient (Wildman–Crippen LogP) is 2.98. The third-order valence-electron chi connectivity index (χ3n) is 4.68. The molecule has 6 nitrogen and oxygen atoms in total. The summed E-state index contributed by atoms with van der Waals surface area (Å²) in [7, 11) is 1.63. The highest BCUT2D eigenvalue weighted by Crippen LogP contribution is 2.32. The van der Waals surface area contributed by atoms with Crippen LogP contribution in [0.3, 0.4) is 0 Å². The number of nitrogens with zero attached hydrogens (tertiary/aromatic N) is 3. The van der Waals surface area contributed by atoms with Gasteiger partial charge in [0.25, 0.3) is 5.88 Å². The second-order valence-electron chi connectivity index (χ2n) is 6.57. The predicted molar refractivity (Wildman–Crippen MR) is 93.5 cm³/mol. The lowest BCUT2D eigenvalue weighted by molar-refractivity contribution is -0.117. The summed E-state index contributed by atoms with van der Waals surface area (Å²) in [4.78, 5) is 23.6. The van der Waals surface area contributed by atoms with Gasteiger partial charge in [-0.05, 0) is 50.3 Å².